The molecule has 1 N–H and O–H groups in total. The number of carboxylic acids is 1. The minimum Gasteiger partial charge on any atom is -0.492 e. The Morgan fingerprint density at radius 1 is 0.804 bits per heavy atom. The zero-order valence-corrected chi connectivity index (χ0v) is 23.0. The van der Waals surface area contributed by atoms with E-state index in [4.69, 9.17) is 14.6 Å². The van der Waals surface area contributed by atoms with Gasteiger partial charge >= 0.3 is 41.9 Å². The van der Waals surface area contributed by atoms with Crippen LogP contribution in [0.1, 0.15) is 12.5 Å². The van der Waals surface area contributed by atoms with Crippen LogP contribution in [-0.4, -0.2) is 84.3 Å². The molecule has 0 heterocycles. The summed E-state index contributed by atoms with van der Waals surface area (Å²) < 4.78 is 190. The molecule has 0 saturated heterocycles. The smallest absolute Gasteiger partial charge is 0.460 e. The number of aliphatic carboxylic acids is 1. The van der Waals surface area contributed by atoms with Gasteiger partial charge in [-0.3, -0.25) is 4.90 Å². The highest BCUT2D eigenvalue weighted by atomic mass is 19.4. The van der Waals surface area contributed by atoms with Gasteiger partial charge in [-0.2, -0.15) is 48.3 Å². The maximum absolute atomic E-state index is 14.5. The number of carboxylic acid groups (broad SMARTS) is 1. The van der Waals surface area contributed by atoms with E-state index in [9.17, 15) is 66.7 Å². The molecule has 0 aliphatic rings. The van der Waals surface area contributed by atoms with Crippen LogP contribution in [-0.2, 0) is 16.0 Å². The Morgan fingerprint density at radius 3 is 1.87 bits per heavy atom. The lowest BCUT2D eigenvalue weighted by Crippen LogP contribution is -2.68. The highest BCUT2D eigenvalue weighted by Crippen LogP contribution is 2.57. The van der Waals surface area contributed by atoms with Gasteiger partial charge < -0.3 is 19.3 Å². The Labute approximate surface area is 250 Å². The van der Waals surface area contributed by atoms with E-state index in [-0.39, 0.29) is 24.8 Å². The number of alkyl halides is 11. The average molecular weight is 691 g/mol. The molecule has 258 valence electrons. The number of ether oxygens (including phenoxy) is 3. The number of amides is 1. The molecule has 0 aliphatic heterocycles. The summed E-state index contributed by atoms with van der Waals surface area (Å²) in [7, 11) is 0. The quantitative estimate of drug-likeness (QED) is 0.203. The highest BCUT2D eigenvalue weighted by Gasteiger charge is 2.87. The van der Waals surface area contributed by atoms with Crippen molar-refractivity contribution in [2.24, 2.45) is 0 Å². The molecule has 0 spiro atoms. The van der Waals surface area contributed by atoms with E-state index in [2.05, 4.69) is 4.74 Å². The first kappa shape index (κ1) is 38.2. The van der Waals surface area contributed by atoms with Crippen molar-refractivity contribution in [2.75, 3.05) is 26.3 Å². The lowest BCUT2D eigenvalue weighted by Gasteiger charge is -2.38. The zero-order valence-electron chi connectivity index (χ0n) is 23.0. The molecule has 1 atom stereocenters. The molecule has 2 aromatic carbocycles. The van der Waals surface area contributed by atoms with E-state index in [1.54, 1.807) is 6.92 Å². The van der Waals surface area contributed by atoms with Gasteiger partial charge in [-0.1, -0.05) is 12.1 Å². The first-order valence-electron chi connectivity index (χ1n) is 12.5. The van der Waals surface area contributed by atoms with Crippen molar-refractivity contribution in [3.63, 3.8) is 0 Å². The molecule has 0 radical (unpaired) electrons. The first-order chi connectivity index (χ1) is 21.0. The van der Waals surface area contributed by atoms with Gasteiger partial charge in [0.05, 0.1) is 13.1 Å². The SMILES string of the molecule is CCOC(Cc1ccc(OCCN(CC(F)(F)C(F)(F)C(F)(F)C(F)(F)C(F)(F)F)C(=O)Oc2ccc(F)c(F)c2)cc1)C(=O)O. The molecule has 0 aliphatic carbocycles. The molecule has 0 saturated carbocycles. The fourth-order valence-corrected chi connectivity index (χ4v) is 3.51. The molecule has 7 nitrogen and oxygen atoms in total. The summed E-state index contributed by atoms with van der Waals surface area (Å²) in [4.78, 5) is 23.2. The second-order valence-corrected chi connectivity index (χ2v) is 9.27. The zero-order chi connectivity index (χ0) is 35.3. The number of halogens is 13. The van der Waals surface area contributed by atoms with E-state index < -0.39 is 90.0 Å². The van der Waals surface area contributed by atoms with Gasteiger partial charge in [0.15, 0.2) is 17.7 Å². The predicted octanol–water partition coefficient (Wildman–Crippen LogP) is 6.98. The van der Waals surface area contributed by atoms with Gasteiger partial charge in [-0.05, 0) is 36.8 Å². The van der Waals surface area contributed by atoms with Gasteiger partial charge in [0.25, 0.3) is 0 Å². The van der Waals surface area contributed by atoms with Crippen molar-refractivity contribution in [3.05, 3.63) is 59.7 Å². The van der Waals surface area contributed by atoms with Crippen LogP contribution in [0.15, 0.2) is 42.5 Å². The van der Waals surface area contributed by atoms with Crippen LogP contribution in [0.3, 0.4) is 0 Å². The molecule has 0 aromatic heterocycles. The normalized spacial score (nSPS) is 13.7. The van der Waals surface area contributed by atoms with Crippen LogP contribution in [0.5, 0.6) is 11.5 Å². The van der Waals surface area contributed by atoms with Crippen molar-refractivity contribution in [2.45, 2.75) is 49.3 Å². The summed E-state index contributed by atoms with van der Waals surface area (Å²) in [5.74, 6) is -34.8. The minimum absolute atomic E-state index is 0.0700. The van der Waals surface area contributed by atoms with E-state index >= 15 is 0 Å². The number of rotatable bonds is 15. The molecule has 0 bridgehead atoms. The van der Waals surface area contributed by atoms with Crippen LogP contribution >= 0.6 is 0 Å². The van der Waals surface area contributed by atoms with E-state index in [0.717, 1.165) is 0 Å². The molecule has 20 heteroatoms. The van der Waals surface area contributed by atoms with Crippen molar-refractivity contribution >= 4 is 12.1 Å². The Balaban J connectivity index is 2.30. The van der Waals surface area contributed by atoms with E-state index in [1.165, 1.54) is 24.3 Å². The number of hydrogen-bond donors (Lipinski definition) is 1. The second-order valence-electron chi connectivity index (χ2n) is 9.27. The third kappa shape index (κ3) is 8.43. The van der Waals surface area contributed by atoms with Crippen molar-refractivity contribution in [3.8, 4) is 11.5 Å². The number of benzene rings is 2. The summed E-state index contributed by atoms with van der Waals surface area (Å²) in [6.07, 6.45) is -10.9. The Kier molecular flexibility index (Phi) is 11.8. The molecule has 1 amide bonds. The van der Waals surface area contributed by atoms with Gasteiger partial charge in [-0.15, -0.1) is 0 Å². The van der Waals surface area contributed by atoms with E-state index in [1.807, 2.05) is 0 Å². The van der Waals surface area contributed by atoms with E-state index in [0.29, 0.717) is 17.7 Å². The van der Waals surface area contributed by atoms with Crippen molar-refractivity contribution in [1.82, 2.24) is 4.90 Å². The second kappa shape index (κ2) is 14.2. The third-order valence-electron chi connectivity index (χ3n) is 5.97. The highest BCUT2D eigenvalue weighted by molar-refractivity contribution is 5.72. The lowest BCUT2D eigenvalue weighted by molar-refractivity contribution is -0.422. The van der Waals surface area contributed by atoms with Crippen LogP contribution in [0, 0.1) is 11.6 Å². The summed E-state index contributed by atoms with van der Waals surface area (Å²) in [5, 5.41) is 9.15. The maximum Gasteiger partial charge on any atom is 0.460 e. The number of hydrogen-bond acceptors (Lipinski definition) is 5. The molecule has 0 fully saturated rings. The van der Waals surface area contributed by atoms with Crippen molar-refractivity contribution < 1.29 is 86.0 Å². The molecule has 2 rings (SSSR count). The largest absolute Gasteiger partial charge is 0.492 e. The number of nitrogens with zero attached hydrogens (tertiary/aromatic N) is 1. The summed E-state index contributed by atoms with van der Waals surface area (Å²) in [6.45, 7) is -3.60. The number of carbonyl (C=O) groups excluding carboxylic acids is 1. The lowest BCUT2D eigenvalue weighted by atomic mass is 9.97. The third-order valence-corrected chi connectivity index (χ3v) is 5.97. The maximum atomic E-state index is 14.5. The monoisotopic (exact) mass is 691 g/mol. The van der Waals surface area contributed by atoms with Gasteiger partial charge in [0.2, 0.25) is 0 Å². The fourth-order valence-electron chi connectivity index (χ4n) is 3.51. The average Bonchev–Trinajstić information content (AvgIpc) is 2.94. The summed E-state index contributed by atoms with van der Waals surface area (Å²) >= 11 is 0. The van der Waals surface area contributed by atoms with Gasteiger partial charge in [-0.25, -0.2) is 18.4 Å². The number of carbonyl (C=O) groups is 2. The first-order valence-corrected chi connectivity index (χ1v) is 12.5. The van der Waals surface area contributed by atoms with Crippen molar-refractivity contribution in [1.29, 1.82) is 0 Å². The van der Waals surface area contributed by atoms with Gasteiger partial charge in [0, 0.05) is 19.1 Å². The van der Waals surface area contributed by atoms with Gasteiger partial charge in [0.1, 0.15) is 18.1 Å². The summed E-state index contributed by atoms with van der Waals surface area (Å²) in [5.41, 5.74) is 0.392. The Bertz CT molecular complexity index is 1350. The van der Waals surface area contributed by atoms with Crippen LogP contribution in [0.25, 0.3) is 0 Å². The van der Waals surface area contributed by atoms with Crippen LogP contribution in [0.4, 0.5) is 61.9 Å². The Hall–Kier alpha value is -3.97. The molecule has 2 aromatic rings. The molecular formula is C26H22F13NO6. The molecule has 1 unspecified atom stereocenters. The topological polar surface area (TPSA) is 85.3 Å². The molecular weight excluding hydrogens is 669 g/mol. The minimum atomic E-state index is -7.74. The molecule has 46 heavy (non-hydrogen) atoms. The standard InChI is InChI=1S/C26H22F13NO6/c1-2-44-19(20(41)42)11-14-3-5-15(6-4-14)45-10-9-40(21(43)46-16-7-8-17(27)18(28)12-16)13-22(29,30)23(31,32)24(33,34)25(35,36)26(37,38)39/h3-8,12,19H,2,9-11,13H2,1H3,(H,41,42). The van der Waals surface area contributed by atoms with Crippen LogP contribution in [0.2, 0.25) is 0 Å². The fraction of sp³-hybridized carbons (Fsp3) is 0.462. The van der Waals surface area contributed by atoms with Crippen LogP contribution < -0.4 is 9.47 Å². The Morgan fingerprint density at radius 2 is 1.37 bits per heavy atom. The predicted molar refractivity (Wildman–Crippen MR) is 128 cm³/mol. The summed E-state index contributed by atoms with van der Waals surface area (Å²) in [6, 6.07) is 6.09.